The molecule has 0 saturated carbocycles. The second-order valence-electron chi connectivity index (χ2n) is 3.91. The Morgan fingerprint density at radius 3 is 2.42 bits per heavy atom. The van der Waals surface area contributed by atoms with Crippen LogP contribution in [0.3, 0.4) is 0 Å². The third-order valence-corrected chi connectivity index (χ3v) is 2.62. The highest BCUT2D eigenvalue weighted by atomic mass is 16.5. The van der Waals surface area contributed by atoms with Gasteiger partial charge in [0.15, 0.2) is 0 Å². The normalized spacial score (nSPS) is 10.1. The Labute approximate surface area is 112 Å². The van der Waals surface area contributed by atoms with Crippen LogP contribution in [0.15, 0.2) is 30.6 Å². The molecule has 2 rings (SSSR count). The van der Waals surface area contributed by atoms with Crippen molar-refractivity contribution in [2.24, 2.45) is 0 Å². The van der Waals surface area contributed by atoms with Gasteiger partial charge in [-0.3, -0.25) is 0 Å². The van der Waals surface area contributed by atoms with Gasteiger partial charge in [0.25, 0.3) is 0 Å². The summed E-state index contributed by atoms with van der Waals surface area (Å²) in [4.78, 5) is 8.25. The lowest BCUT2D eigenvalue weighted by Crippen LogP contribution is -1.99. The van der Waals surface area contributed by atoms with Gasteiger partial charge in [-0.1, -0.05) is 0 Å². The summed E-state index contributed by atoms with van der Waals surface area (Å²) in [6.45, 7) is 4.51. The van der Waals surface area contributed by atoms with Gasteiger partial charge in [0.05, 0.1) is 12.2 Å². The summed E-state index contributed by atoms with van der Waals surface area (Å²) in [6, 6.07) is 7.44. The topological polar surface area (TPSA) is 56.3 Å². The molecule has 1 aromatic carbocycles. The van der Waals surface area contributed by atoms with E-state index in [0.717, 1.165) is 17.1 Å². The summed E-state index contributed by atoms with van der Waals surface area (Å²) in [7, 11) is 1.82. The number of nitrogens with zero attached hydrogens (tertiary/aromatic N) is 2. The van der Waals surface area contributed by atoms with Gasteiger partial charge in [-0.2, -0.15) is 0 Å². The molecule has 5 heteroatoms. The molecule has 0 aliphatic rings. The van der Waals surface area contributed by atoms with Crippen molar-refractivity contribution in [3.8, 4) is 17.4 Å². The third kappa shape index (κ3) is 3.13. The van der Waals surface area contributed by atoms with E-state index in [1.54, 1.807) is 0 Å². The molecular formula is C14H17N3O2. The largest absolute Gasteiger partial charge is 0.494 e. The third-order valence-electron chi connectivity index (χ3n) is 2.62. The lowest BCUT2D eigenvalue weighted by atomic mass is 10.3. The van der Waals surface area contributed by atoms with Crippen LogP contribution in [0.1, 0.15) is 12.5 Å². The van der Waals surface area contributed by atoms with E-state index in [-0.39, 0.29) is 0 Å². The van der Waals surface area contributed by atoms with Crippen molar-refractivity contribution in [1.29, 1.82) is 0 Å². The quantitative estimate of drug-likeness (QED) is 0.894. The lowest BCUT2D eigenvalue weighted by molar-refractivity contribution is 0.339. The summed E-state index contributed by atoms with van der Waals surface area (Å²) < 4.78 is 11.1. The van der Waals surface area contributed by atoms with E-state index in [1.807, 2.05) is 45.2 Å². The van der Waals surface area contributed by atoms with Gasteiger partial charge in [0.2, 0.25) is 5.88 Å². The average Bonchev–Trinajstić information content (AvgIpc) is 2.43. The maximum Gasteiger partial charge on any atom is 0.227 e. The Balaban J connectivity index is 2.16. The van der Waals surface area contributed by atoms with E-state index in [4.69, 9.17) is 9.47 Å². The molecule has 0 unspecified atom stereocenters. The molecule has 5 nitrogen and oxygen atoms in total. The second-order valence-corrected chi connectivity index (χ2v) is 3.91. The Morgan fingerprint density at radius 2 is 1.79 bits per heavy atom. The van der Waals surface area contributed by atoms with Crippen molar-refractivity contribution >= 4 is 5.82 Å². The minimum Gasteiger partial charge on any atom is -0.494 e. The van der Waals surface area contributed by atoms with Crippen LogP contribution in [0.4, 0.5) is 5.82 Å². The molecule has 0 bridgehead atoms. The van der Waals surface area contributed by atoms with Crippen LogP contribution >= 0.6 is 0 Å². The van der Waals surface area contributed by atoms with Crippen LogP contribution in [0.2, 0.25) is 0 Å². The first-order valence-electron chi connectivity index (χ1n) is 6.14. The summed E-state index contributed by atoms with van der Waals surface area (Å²) >= 11 is 0. The van der Waals surface area contributed by atoms with Crippen molar-refractivity contribution in [1.82, 2.24) is 9.97 Å². The lowest BCUT2D eigenvalue weighted by Gasteiger charge is -2.10. The SMILES string of the molecule is CCOc1ccc(Oc2ncnc(NC)c2C)cc1. The first-order chi connectivity index (χ1) is 9.24. The molecule has 1 heterocycles. The minimum absolute atomic E-state index is 0.545. The minimum atomic E-state index is 0.545. The molecule has 2 aromatic rings. The molecule has 1 aromatic heterocycles. The van der Waals surface area contributed by atoms with Gasteiger partial charge in [-0.05, 0) is 38.1 Å². The summed E-state index contributed by atoms with van der Waals surface area (Å²) in [5, 5.41) is 3.00. The molecule has 100 valence electrons. The first kappa shape index (κ1) is 13.1. The monoisotopic (exact) mass is 259 g/mol. The number of anilines is 1. The molecule has 1 N–H and O–H groups in total. The zero-order valence-electron chi connectivity index (χ0n) is 11.3. The van der Waals surface area contributed by atoms with E-state index >= 15 is 0 Å². The van der Waals surface area contributed by atoms with Crippen LogP contribution in [0.5, 0.6) is 17.4 Å². The fourth-order valence-electron chi connectivity index (χ4n) is 1.67. The summed E-state index contributed by atoms with van der Waals surface area (Å²) in [6.07, 6.45) is 1.47. The number of benzene rings is 1. The molecule has 19 heavy (non-hydrogen) atoms. The smallest absolute Gasteiger partial charge is 0.227 e. The molecule has 0 atom stereocenters. The van der Waals surface area contributed by atoms with Crippen LogP contribution in [-0.4, -0.2) is 23.6 Å². The highest BCUT2D eigenvalue weighted by molar-refractivity contribution is 5.48. The highest BCUT2D eigenvalue weighted by Gasteiger charge is 2.07. The van der Waals surface area contributed by atoms with Crippen molar-refractivity contribution in [3.05, 3.63) is 36.2 Å². The Morgan fingerprint density at radius 1 is 1.11 bits per heavy atom. The average molecular weight is 259 g/mol. The number of nitrogens with one attached hydrogen (secondary N) is 1. The number of rotatable bonds is 5. The van der Waals surface area contributed by atoms with E-state index in [1.165, 1.54) is 6.33 Å². The van der Waals surface area contributed by atoms with E-state index in [2.05, 4.69) is 15.3 Å². The van der Waals surface area contributed by atoms with Crippen LogP contribution in [0.25, 0.3) is 0 Å². The van der Waals surface area contributed by atoms with Crippen molar-refractivity contribution in [2.75, 3.05) is 19.0 Å². The van der Waals surface area contributed by atoms with Crippen LogP contribution < -0.4 is 14.8 Å². The number of hydrogen-bond acceptors (Lipinski definition) is 5. The maximum absolute atomic E-state index is 5.74. The zero-order valence-corrected chi connectivity index (χ0v) is 11.3. The maximum atomic E-state index is 5.74. The van der Waals surface area contributed by atoms with Crippen LogP contribution in [-0.2, 0) is 0 Å². The van der Waals surface area contributed by atoms with E-state index in [0.29, 0.717) is 18.2 Å². The number of aromatic nitrogens is 2. The van der Waals surface area contributed by atoms with Gasteiger partial charge >= 0.3 is 0 Å². The zero-order chi connectivity index (χ0) is 13.7. The predicted octanol–water partition coefficient (Wildman–Crippen LogP) is 3.02. The van der Waals surface area contributed by atoms with Gasteiger partial charge in [-0.15, -0.1) is 0 Å². The van der Waals surface area contributed by atoms with Crippen LogP contribution in [0, 0.1) is 6.92 Å². The predicted molar refractivity (Wildman–Crippen MR) is 74.0 cm³/mol. The van der Waals surface area contributed by atoms with Gasteiger partial charge in [0, 0.05) is 7.05 Å². The molecule has 0 radical (unpaired) electrons. The molecule has 0 aliphatic heterocycles. The second kappa shape index (κ2) is 6.04. The Hall–Kier alpha value is -2.30. The van der Waals surface area contributed by atoms with Gasteiger partial charge in [0.1, 0.15) is 23.6 Å². The first-order valence-corrected chi connectivity index (χ1v) is 6.14. The standard InChI is InChI=1S/C14H17N3O2/c1-4-18-11-5-7-12(8-6-11)19-14-10(2)13(15-3)16-9-17-14/h5-9H,4H2,1-3H3,(H,15,16,17). The molecule has 0 spiro atoms. The highest BCUT2D eigenvalue weighted by Crippen LogP contribution is 2.27. The van der Waals surface area contributed by atoms with Crippen molar-refractivity contribution in [2.45, 2.75) is 13.8 Å². The molecule has 0 saturated heterocycles. The fourth-order valence-corrected chi connectivity index (χ4v) is 1.67. The van der Waals surface area contributed by atoms with Crippen molar-refractivity contribution < 1.29 is 9.47 Å². The van der Waals surface area contributed by atoms with E-state index in [9.17, 15) is 0 Å². The summed E-state index contributed by atoms with van der Waals surface area (Å²) in [5.41, 5.74) is 0.874. The molecule has 0 aliphatic carbocycles. The fraction of sp³-hybridized carbons (Fsp3) is 0.286. The Kier molecular flexibility index (Phi) is 4.18. The summed E-state index contributed by atoms with van der Waals surface area (Å²) in [5.74, 6) is 2.84. The number of ether oxygens (including phenoxy) is 2. The van der Waals surface area contributed by atoms with Gasteiger partial charge in [-0.25, -0.2) is 9.97 Å². The van der Waals surface area contributed by atoms with Crippen molar-refractivity contribution in [3.63, 3.8) is 0 Å². The van der Waals surface area contributed by atoms with E-state index < -0.39 is 0 Å². The number of hydrogen-bond donors (Lipinski definition) is 1. The molecular weight excluding hydrogens is 242 g/mol. The molecule has 0 amide bonds. The molecule has 0 fully saturated rings. The van der Waals surface area contributed by atoms with Gasteiger partial charge < -0.3 is 14.8 Å². The Bertz CT molecular complexity index is 541.